The molecule has 0 radical (unpaired) electrons. The largest absolute Gasteiger partial charge is 0.465 e. The van der Waals surface area contributed by atoms with Crippen molar-refractivity contribution in [2.45, 2.75) is 45.7 Å². The van der Waals surface area contributed by atoms with Crippen molar-refractivity contribution in [1.29, 1.82) is 0 Å². The van der Waals surface area contributed by atoms with Gasteiger partial charge in [0.15, 0.2) is 0 Å². The van der Waals surface area contributed by atoms with E-state index in [2.05, 4.69) is 15.3 Å². The molecule has 0 unspecified atom stereocenters. The molecule has 1 aliphatic carbocycles. The van der Waals surface area contributed by atoms with Crippen molar-refractivity contribution in [2.75, 3.05) is 11.9 Å². The molecule has 2 aromatic heterocycles. The lowest BCUT2D eigenvalue weighted by atomic mass is 9.91. The first-order valence-electron chi connectivity index (χ1n) is 9.56. The Morgan fingerprint density at radius 2 is 2.25 bits per heavy atom. The highest BCUT2D eigenvalue weighted by Gasteiger charge is 2.27. The third kappa shape index (κ3) is 3.56. The standard InChI is InChI=1S/C21H23FN4O2/c1-3-28-20(27)12-26-18-6-4-14(22)10-16(18)17-11-15(5-7-19(17)26)25-21-23-9-8-13(2)24-21/h4,6,8-10,15H,3,5,7,11-12H2,1-2H3,(H,23,24,25)/t15-/m0/s1. The first kappa shape index (κ1) is 18.4. The molecule has 0 saturated carbocycles. The lowest BCUT2D eigenvalue weighted by Gasteiger charge is -2.25. The number of rotatable bonds is 5. The van der Waals surface area contributed by atoms with Gasteiger partial charge in [-0.3, -0.25) is 4.79 Å². The van der Waals surface area contributed by atoms with Crippen molar-refractivity contribution in [3.05, 3.63) is 53.2 Å². The predicted molar refractivity (Wildman–Crippen MR) is 105 cm³/mol. The molecule has 1 N–H and O–H groups in total. The molecule has 0 spiro atoms. The smallest absolute Gasteiger partial charge is 0.325 e. The van der Waals surface area contributed by atoms with E-state index in [4.69, 9.17) is 4.74 Å². The molecule has 0 fully saturated rings. The Morgan fingerprint density at radius 3 is 3.04 bits per heavy atom. The van der Waals surface area contributed by atoms with Crippen LogP contribution in [0.4, 0.5) is 10.3 Å². The van der Waals surface area contributed by atoms with Gasteiger partial charge in [-0.05, 0) is 62.9 Å². The number of aromatic nitrogens is 3. The average molecular weight is 382 g/mol. The summed E-state index contributed by atoms with van der Waals surface area (Å²) in [6.45, 7) is 4.21. The molecule has 0 amide bonds. The third-order valence-electron chi connectivity index (χ3n) is 5.15. The SMILES string of the molecule is CCOC(=O)Cn1c2c(c3cc(F)ccc31)C[C@@H](Nc1nccc(C)n1)CC2. The number of nitrogens with zero attached hydrogens (tertiary/aromatic N) is 3. The van der Waals surface area contributed by atoms with E-state index >= 15 is 0 Å². The molecule has 146 valence electrons. The van der Waals surface area contributed by atoms with Crippen LogP contribution in [0.2, 0.25) is 0 Å². The maximum absolute atomic E-state index is 14.0. The lowest BCUT2D eigenvalue weighted by molar-refractivity contribution is -0.143. The van der Waals surface area contributed by atoms with E-state index in [1.165, 1.54) is 6.07 Å². The predicted octanol–water partition coefficient (Wildman–Crippen LogP) is 3.41. The van der Waals surface area contributed by atoms with Crippen molar-refractivity contribution < 1.29 is 13.9 Å². The molecular weight excluding hydrogens is 359 g/mol. The van der Waals surface area contributed by atoms with Gasteiger partial charge < -0.3 is 14.6 Å². The van der Waals surface area contributed by atoms with Crippen LogP contribution >= 0.6 is 0 Å². The number of halogens is 1. The van der Waals surface area contributed by atoms with E-state index in [0.29, 0.717) is 12.6 Å². The molecule has 1 aromatic carbocycles. The number of anilines is 1. The first-order valence-corrected chi connectivity index (χ1v) is 9.56. The summed E-state index contributed by atoms with van der Waals surface area (Å²) in [5, 5.41) is 4.25. The molecule has 1 atom stereocenters. The number of fused-ring (bicyclic) bond motifs is 3. The van der Waals surface area contributed by atoms with Crippen molar-refractivity contribution >= 4 is 22.8 Å². The summed E-state index contributed by atoms with van der Waals surface area (Å²) in [7, 11) is 0. The fourth-order valence-electron chi connectivity index (χ4n) is 3.96. The number of aryl methyl sites for hydroxylation is 1. The van der Waals surface area contributed by atoms with Crippen LogP contribution in [0.15, 0.2) is 30.5 Å². The van der Waals surface area contributed by atoms with E-state index < -0.39 is 0 Å². The molecular formula is C21H23FN4O2. The quantitative estimate of drug-likeness (QED) is 0.685. The van der Waals surface area contributed by atoms with Gasteiger partial charge in [0, 0.05) is 34.5 Å². The van der Waals surface area contributed by atoms with Crippen LogP contribution in [-0.4, -0.2) is 33.2 Å². The van der Waals surface area contributed by atoms with Crippen LogP contribution in [-0.2, 0) is 28.9 Å². The second-order valence-electron chi connectivity index (χ2n) is 7.08. The molecule has 7 heteroatoms. The molecule has 6 nitrogen and oxygen atoms in total. The minimum absolute atomic E-state index is 0.143. The van der Waals surface area contributed by atoms with E-state index in [1.54, 1.807) is 25.3 Å². The van der Waals surface area contributed by atoms with E-state index in [0.717, 1.165) is 47.1 Å². The van der Waals surface area contributed by atoms with Gasteiger partial charge >= 0.3 is 5.97 Å². The average Bonchev–Trinajstić information content (AvgIpc) is 2.94. The summed E-state index contributed by atoms with van der Waals surface area (Å²) in [6.07, 6.45) is 4.13. The minimum Gasteiger partial charge on any atom is -0.465 e. The normalized spacial score (nSPS) is 16.0. The van der Waals surface area contributed by atoms with Gasteiger partial charge in [0.1, 0.15) is 12.4 Å². The Hall–Kier alpha value is -2.96. The van der Waals surface area contributed by atoms with Gasteiger partial charge in [-0.2, -0.15) is 0 Å². The monoisotopic (exact) mass is 382 g/mol. The fraction of sp³-hybridized carbons (Fsp3) is 0.381. The zero-order chi connectivity index (χ0) is 19.7. The number of carbonyl (C=O) groups is 1. The Kier molecular flexibility index (Phi) is 4.98. The minimum atomic E-state index is -0.278. The Bertz CT molecular complexity index is 1030. The third-order valence-corrected chi connectivity index (χ3v) is 5.15. The highest BCUT2D eigenvalue weighted by atomic mass is 19.1. The zero-order valence-electron chi connectivity index (χ0n) is 16.0. The molecule has 0 aliphatic heterocycles. The van der Waals surface area contributed by atoms with Gasteiger partial charge in [0.2, 0.25) is 5.95 Å². The topological polar surface area (TPSA) is 69.0 Å². The van der Waals surface area contributed by atoms with Crippen molar-refractivity contribution in [2.24, 2.45) is 0 Å². The van der Waals surface area contributed by atoms with Crippen molar-refractivity contribution in [1.82, 2.24) is 14.5 Å². The van der Waals surface area contributed by atoms with E-state index in [1.807, 2.05) is 17.6 Å². The highest BCUT2D eigenvalue weighted by Crippen LogP contribution is 2.33. The number of nitrogens with one attached hydrogen (secondary N) is 1. The number of benzene rings is 1. The second-order valence-corrected chi connectivity index (χ2v) is 7.08. The number of hydrogen-bond donors (Lipinski definition) is 1. The summed E-state index contributed by atoms with van der Waals surface area (Å²) in [5.41, 5.74) is 3.93. The van der Waals surface area contributed by atoms with E-state index in [9.17, 15) is 9.18 Å². The summed E-state index contributed by atoms with van der Waals surface area (Å²) in [5.74, 6) is 0.0514. The molecule has 4 rings (SSSR count). The molecule has 2 heterocycles. The maximum atomic E-state index is 14.0. The van der Waals surface area contributed by atoms with Gasteiger partial charge in [-0.25, -0.2) is 14.4 Å². The van der Waals surface area contributed by atoms with Gasteiger partial charge in [0.05, 0.1) is 6.61 Å². The fourth-order valence-corrected chi connectivity index (χ4v) is 3.96. The number of carbonyl (C=O) groups excluding carboxylic acids is 1. The Balaban J connectivity index is 1.67. The van der Waals surface area contributed by atoms with Crippen LogP contribution in [0.3, 0.4) is 0 Å². The van der Waals surface area contributed by atoms with Crippen LogP contribution in [0.1, 0.15) is 30.3 Å². The Labute approximate surface area is 162 Å². The summed E-state index contributed by atoms with van der Waals surface area (Å²) >= 11 is 0. The summed E-state index contributed by atoms with van der Waals surface area (Å²) in [4.78, 5) is 20.8. The van der Waals surface area contributed by atoms with E-state index in [-0.39, 0.29) is 24.4 Å². The van der Waals surface area contributed by atoms with Crippen LogP contribution in [0.25, 0.3) is 10.9 Å². The molecule has 1 aliphatic rings. The zero-order valence-corrected chi connectivity index (χ0v) is 16.0. The van der Waals surface area contributed by atoms with Crippen LogP contribution in [0, 0.1) is 12.7 Å². The number of hydrogen-bond acceptors (Lipinski definition) is 5. The first-order chi connectivity index (χ1) is 13.5. The van der Waals surface area contributed by atoms with Gasteiger partial charge in [-0.15, -0.1) is 0 Å². The number of esters is 1. The lowest BCUT2D eigenvalue weighted by Crippen LogP contribution is -2.29. The van der Waals surface area contributed by atoms with Crippen molar-refractivity contribution in [3.8, 4) is 0 Å². The van der Waals surface area contributed by atoms with Crippen LogP contribution in [0.5, 0.6) is 0 Å². The molecule has 28 heavy (non-hydrogen) atoms. The van der Waals surface area contributed by atoms with Gasteiger partial charge in [-0.1, -0.05) is 0 Å². The summed E-state index contributed by atoms with van der Waals surface area (Å²) < 4.78 is 21.1. The second kappa shape index (κ2) is 7.58. The molecule has 3 aromatic rings. The Morgan fingerprint density at radius 1 is 1.39 bits per heavy atom. The highest BCUT2D eigenvalue weighted by molar-refractivity contribution is 5.87. The van der Waals surface area contributed by atoms with Crippen molar-refractivity contribution in [3.63, 3.8) is 0 Å². The summed E-state index contributed by atoms with van der Waals surface area (Å²) in [6, 6.07) is 6.75. The number of ether oxygens (including phenoxy) is 1. The van der Waals surface area contributed by atoms with Gasteiger partial charge in [0.25, 0.3) is 0 Å². The maximum Gasteiger partial charge on any atom is 0.325 e. The molecule has 0 bridgehead atoms. The van der Waals surface area contributed by atoms with Crippen LogP contribution < -0.4 is 5.32 Å². The molecule has 0 saturated heterocycles.